The van der Waals surface area contributed by atoms with Crippen LogP contribution in [0.4, 0.5) is 0 Å². The third-order valence-electron chi connectivity index (χ3n) is 4.70. The Hall–Kier alpha value is -1.15. The van der Waals surface area contributed by atoms with Crippen LogP contribution in [-0.4, -0.2) is 45.0 Å². The second-order valence-corrected chi connectivity index (χ2v) is 8.85. The van der Waals surface area contributed by atoms with Crippen molar-refractivity contribution in [1.82, 2.24) is 10.6 Å². The molecule has 1 fully saturated rings. The first kappa shape index (κ1) is 22.9. The van der Waals surface area contributed by atoms with Gasteiger partial charge in [-0.1, -0.05) is 31.2 Å². The molecule has 0 atom stereocenters. The summed E-state index contributed by atoms with van der Waals surface area (Å²) in [4.78, 5) is 12.8. The van der Waals surface area contributed by atoms with Crippen molar-refractivity contribution in [2.45, 2.75) is 44.1 Å². The van der Waals surface area contributed by atoms with Crippen molar-refractivity contribution in [3.05, 3.63) is 35.4 Å². The van der Waals surface area contributed by atoms with Crippen molar-refractivity contribution in [2.75, 3.05) is 26.0 Å². The van der Waals surface area contributed by atoms with E-state index in [-0.39, 0.29) is 12.4 Å². The summed E-state index contributed by atoms with van der Waals surface area (Å²) in [6, 6.07) is 7.73. The molecular weight excluding hydrogens is 376 g/mol. The summed E-state index contributed by atoms with van der Waals surface area (Å²) in [7, 11) is -3.50. The maximum absolute atomic E-state index is 12.8. The minimum atomic E-state index is -3.50. The molecule has 1 aromatic rings. The summed E-state index contributed by atoms with van der Waals surface area (Å²) in [5.41, 5.74) is 1.96. The third-order valence-corrected chi connectivity index (χ3v) is 6.71. The number of carbonyl (C=O) groups is 1. The number of sulfone groups is 1. The molecule has 1 amide bonds. The third kappa shape index (κ3) is 5.42. The number of hydrogen-bond acceptors (Lipinski definition) is 5. The molecular formula is C18H29ClN2O4S. The van der Waals surface area contributed by atoms with Gasteiger partial charge in [-0.15, -0.1) is 12.4 Å². The number of ether oxygens (including phenoxy) is 1. The lowest BCUT2D eigenvalue weighted by atomic mass is 9.95. The number of rotatable bonds is 8. The van der Waals surface area contributed by atoms with Gasteiger partial charge in [-0.05, 0) is 43.5 Å². The smallest absolute Gasteiger partial charge is 0.241 e. The summed E-state index contributed by atoms with van der Waals surface area (Å²) in [6.07, 6.45) is 2.71. The van der Waals surface area contributed by atoms with Crippen LogP contribution in [0.15, 0.2) is 24.3 Å². The van der Waals surface area contributed by atoms with Crippen LogP contribution < -0.4 is 10.6 Å². The van der Waals surface area contributed by atoms with Crippen LogP contribution >= 0.6 is 12.4 Å². The van der Waals surface area contributed by atoms with E-state index in [0.29, 0.717) is 45.7 Å². The van der Waals surface area contributed by atoms with E-state index in [9.17, 15) is 13.2 Å². The Morgan fingerprint density at radius 3 is 2.42 bits per heavy atom. The van der Waals surface area contributed by atoms with Gasteiger partial charge < -0.3 is 15.4 Å². The maximum atomic E-state index is 12.8. The van der Waals surface area contributed by atoms with Crippen molar-refractivity contribution in [2.24, 2.45) is 0 Å². The number of halogens is 1. The standard InChI is InChI=1S/C18H28N2O4S.ClH/c1-3-12-24-14-16-7-5-4-6-15(16)13-20-17(21)18(25(2,22)23)8-10-19-11-9-18;/h4-7,19H,3,8-14H2,1-2H3,(H,20,21);1H. The van der Waals surface area contributed by atoms with E-state index in [4.69, 9.17) is 4.74 Å². The largest absolute Gasteiger partial charge is 0.377 e. The number of carbonyl (C=O) groups excluding carboxylic acids is 1. The molecule has 2 rings (SSSR count). The topological polar surface area (TPSA) is 84.5 Å². The average Bonchev–Trinajstić information content (AvgIpc) is 2.60. The van der Waals surface area contributed by atoms with Gasteiger partial charge in [0.2, 0.25) is 5.91 Å². The Labute approximate surface area is 162 Å². The van der Waals surface area contributed by atoms with E-state index < -0.39 is 20.5 Å². The molecule has 0 aromatic heterocycles. The van der Waals surface area contributed by atoms with Gasteiger partial charge in [0.05, 0.1) is 6.61 Å². The molecule has 1 saturated heterocycles. The lowest BCUT2D eigenvalue weighted by molar-refractivity contribution is -0.124. The lowest BCUT2D eigenvalue weighted by Gasteiger charge is -2.34. The molecule has 0 saturated carbocycles. The first-order valence-corrected chi connectivity index (χ1v) is 10.6. The number of piperidine rings is 1. The first-order valence-electron chi connectivity index (χ1n) is 8.74. The highest BCUT2D eigenvalue weighted by atomic mass is 35.5. The highest BCUT2D eigenvalue weighted by Crippen LogP contribution is 2.28. The quantitative estimate of drug-likeness (QED) is 0.645. The first-order chi connectivity index (χ1) is 11.9. The number of benzene rings is 1. The molecule has 1 heterocycles. The molecule has 0 unspecified atom stereocenters. The van der Waals surface area contributed by atoms with E-state index in [1.807, 2.05) is 24.3 Å². The molecule has 148 valence electrons. The van der Waals surface area contributed by atoms with Crippen molar-refractivity contribution in [1.29, 1.82) is 0 Å². The average molecular weight is 405 g/mol. The molecule has 0 radical (unpaired) electrons. The van der Waals surface area contributed by atoms with Gasteiger partial charge in [-0.3, -0.25) is 4.79 Å². The van der Waals surface area contributed by atoms with Gasteiger partial charge in [0.1, 0.15) is 0 Å². The normalized spacial score (nSPS) is 16.5. The molecule has 1 aliphatic rings. The van der Waals surface area contributed by atoms with Crippen LogP contribution in [0.5, 0.6) is 0 Å². The lowest BCUT2D eigenvalue weighted by Crippen LogP contribution is -2.57. The highest BCUT2D eigenvalue weighted by Gasteiger charge is 2.48. The number of nitrogens with one attached hydrogen (secondary N) is 2. The van der Waals surface area contributed by atoms with Gasteiger partial charge in [-0.25, -0.2) is 8.42 Å². The summed E-state index contributed by atoms with van der Waals surface area (Å²) in [6.45, 7) is 4.58. The van der Waals surface area contributed by atoms with Gasteiger partial charge in [0.25, 0.3) is 0 Å². The predicted molar refractivity (Wildman–Crippen MR) is 105 cm³/mol. The van der Waals surface area contributed by atoms with Gasteiger partial charge in [-0.2, -0.15) is 0 Å². The molecule has 8 heteroatoms. The molecule has 0 aliphatic carbocycles. The Bertz CT molecular complexity index is 688. The van der Waals surface area contributed by atoms with Crippen LogP contribution in [0, 0.1) is 0 Å². The van der Waals surface area contributed by atoms with Gasteiger partial charge in [0.15, 0.2) is 14.6 Å². The molecule has 2 N–H and O–H groups in total. The summed E-state index contributed by atoms with van der Waals surface area (Å²) in [5, 5.41) is 5.96. The second-order valence-electron chi connectivity index (χ2n) is 6.52. The fourth-order valence-electron chi connectivity index (χ4n) is 3.13. The maximum Gasteiger partial charge on any atom is 0.241 e. The van der Waals surface area contributed by atoms with Gasteiger partial charge in [0, 0.05) is 19.4 Å². The molecule has 0 bridgehead atoms. The summed E-state index contributed by atoms with van der Waals surface area (Å²) < 4.78 is 28.8. The van der Waals surface area contributed by atoms with Crippen molar-refractivity contribution in [3.8, 4) is 0 Å². The van der Waals surface area contributed by atoms with Crippen molar-refractivity contribution < 1.29 is 17.9 Å². The fourth-order valence-corrected chi connectivity index (χ4v) is 4.49. The zero-order chi connectivity index (χ0) is 18.3. The van der Waals surface area contributed by atoms with Crippen LogP contribution in [0.3, 0.4) is 0 Å². The van der Waals surface area contributed by atoms with Crippen molar-refractivity contribution >= 4 is 28.2 Å². The minimum absolute atomic E-state index is 0. The van der Waals surface area contributed by atoms with E-state index >= 15 is 0 Å². The van der Waals surface area contributed by atoms with Gasteiger partial charge >= 0.3 is 0 Å². The van der Waals surface area contributed by atoms with Crippen molar-refractivity contribution in [3.63, 3.8) is 0 Å². The molecule has 0 spiro atoms. The zero-order valence-electron chi connectivity index (χ0n) is 15.4. The molecule has 1 aliphatic heterocycles. The van der Waals surface area contributed by atoms with Crippen LogP contribution in [0.1, 0.15) is 37.3 Å². The van der Waals surface area contributed by atoms with Crippen LogP contribution in [-0.2, 0) is 32.5 Å². The minimum Gasteiger partial charge on any atom is -0.377 e. The van der Waals surface area contributed by atoms with E-state index in [1.165, 1.54) is 0 Å². The number of amides is 1. The molecule has 1 aromatic carbocycles. The molecule has 26 heavy (non-hydrogen) atoms. The summed E-state index contributed by atoms with van der Waals surface area (Å²) in [5.74, 6) is -0.402. The van der Waals surface area contributed by atoms with E-state index in [2.05, 4.69) is 17.6 Å². The Morgan fingerprint density at radius 2 is 1.85 bits per heavy atom. The predicted octanol–water partition coefficient (Wildman–Crippen LogP) is 1.82. The summed E-state index contributed by atoms with van der Waals surface area (Å²) >= 11 is 0. The SMILES string of the molecule is CCCOCc1ccccc1CNC(=O)C1(S(C)(=O)=O)CCNCC1.Cl. The number of hydrogen-bond donors (Lipinski definition) is 2. The fraction of sp³-hybridized carbons (Fsp3) is 0.611. The van der Waals surface area contributed by atoms with E-state index in [0.717, 1.165) is 23.8 Å². The second kappa shape index (κ2) is 10.3. The van der Waals surface area contributed by atoms with Crippen LogP contribution in [0.25, 0.3) is 0 Å². The highest BCUT2D eigenvalue weighted by molar-refractivity contribution is 7.92. The molecule has 6 nitrogen and oxygen atoms in total. The monoisotopic (exact) mass is 404 g/mol. The Balaban J connectivity index is 0.00000338. The Morgan fingerprint density at radius 1 is 1.23 bits per heavy atom. The Kier molecular flexibility index (Phi) is 9.03. The van der Waals surface area contributed by atoms with Crippen LogP contribution in [0.2, 0.25) is 0 Å². The van der Waals surface area contributed by atoms with E-state index in [1.54, 1.807) is 0 Å². The zero-order valence-corrected chi connectivity index (χ0v) is 17.0.